The van der Waals surface area contributed by atoms with E-state index in [0.29, 0.717) is 41.2 Å². The van der Waals surface area contributed by atoms with Gasteiger partial charge in [-0.1, -0.05) is 25.4 Å². The van der Waals surface area contributed by atoms with Crippen molar-refractivity contribution in [2.45, 2.75) is 27.2 Å². The Morgan fingerprint density at radius 2 is 2.04 bits per heavy atom. The van der Waals surface area contributed by atoms with Gasteiger partial charge < -0.3 is 19.5 Å². The quantitative estimate of drug-likeness (QED) is 0.494. The van der Waals surface area contributed by atoms with E-state index in [1.54, 1.807) is 12.1 Å². The van der Waals surface area contributed by atoms with Gasteiger partial charge in [-0.25, -0.2) is 4.79 Å². The molecule has 0 fully saturated rings. The lowest BCUT2D eigenvalue weighted by Crippen LogP contribution is -2.29. The smallest absolute Gasteiger partial charge is 0.331 e. The van der Waals surface area contributed by atoms with E-state index in [1.807, 2.05) is 6.92 Å². The standard InChI is InChI=1S/C19H26ClNO5/c1-5-25-16-11-14(10-15(20)19(16)24-4)6-7-18(23)26-12-17(22)21-9-8-13(2)3/h6-7,10-11,13H,5,8-9,12H2,1-4H3,(H,21,22)/b7-6+. The van der Waals surface area contributed by atoms with Crippen molar-refractivity contribution in [3.8, 4) is 11.5 Å². The molecule has 7 heteroatoms. The molecule has 0 aliphatic heterocycles. The Morgan fingerprint density at radius 3 is 2.65 bits per heavy atom. The molecule has 6 nitrogen and oxygen atoms in total. The largest absolute Gasteiger partial charge is 0.491 e. The van der Waals surface area contributed by atoms with Gasteiger partial charge in [0.15, 0.2) is 18.1 Å². The van der Waals surface area contributed by atoms with Crippen molar-refractivity contribution >= 4 is 29.6 Å². The van der Waals surface area contributed by atoms with Crippen LogP contribution in [0.5, 0.6) is 11.5 Å². The van der Waals surface area contributed by atoms with E-state index >= 15 is 0 Å². The van der Waals surface area contributed by atoms with Gasteiger partial charge in [0.1, 0.15) is 0 Å². The third-order valence-corrected chi connectivity index (χ3v) is 3.62. The van der Waals surface area contributed by atoms with Crippen molar-refractivity contribution in [3.05, 3.63) is 28.8 Å². The summed E-state index contributed by atoms with van der Waals surface area (Å²) in [6.45, 7) is 6.69. The summed E-state index contributed by atoms with van der Waals surface area (Å²) < 4.78 is 15.6. The highest BCUT2D eigenvalue weighted by Gasteiger charge is 2.11. The zero-order valence-electron chi connectivity index (χ0n) is 15.6. The molecular formula is C19H26ClNO5. The van der Waals surface area contributed by atoms with Crippen molar-refractivity contribution in [2.75, 3.05) is 26.9 Å². The van der Waals surface area contributed by atoms with E-state index < -0.39 is 5.97 Å². The average Bonchev–Trinajstić information content (AvgIpc) is 2.58. The first-order valence-corrected chi connectivity index (χ1v) is 8.87. The minimum atomic E-state index is -0.617. The number of esters is 1. The van der Waals surface area contributed by atoms with Gasteiger partial charge in [-0.3, -0.25) is 4.79 Å². The van der Waals surface area contributed by atoms with E-state index in [1.165, 1.54) is 19.3 Å². The molecule has 0 bridgehead atoms. The van der Waals surface area contributed by atoms with Crippen molar-refractivity contribution in [1.82, 2.24) is 5.32 Å². The number of halogens is 1. The zero-order chi connectivity index (χ0) is 19.5. The minimum Gasteiger partial charge on any atom is -0.491 e. The van der Waals surface area contributed by atoms with Crippen LogP contribution in [-0.2, 0) is 14.3 Å². The second-order valence-electron chi connectivity index (χ2n) is 5.94. The third kappa shape index (κ3) is 7.78. The molecule has 1 aromatic carbocycles. The van der Waals surface area contributed by atoms with Crippen LogP contribution in [0.4, 0.5) is 0 Å². The molecule has 0 aliphatic rings. The molecule has 144 valence electrons. The summed E-state index contributed by atoms with van der Waals surface area (Å²) in [5.41, 5.74) is 0.651. The number of nitrogens with one attached hydrogen (secondary N) is 1. The Balaban J connectivity index is 2.58. The van der Waals surface area contributed by atoms with Gasteiger partial charge in [-0.15, -0.1) is 0 Å². The highest BCUT2D eigenvalue weighted by Crippen LogP contribution is 2.36. The molecule has 0 heterocycles. The fraction of sp³-hybridized carbons (Fsp3) is 0.474. The maximum atomic E-state index is 11.7. The summed E-state index contributed by atoms with van der Waals surface area (Å²) in [7, 11) is 1.50. The van der Waals surface area contributed by atoms with E-state index in [0.717, 1.165) is 6.42 Å². The van der Waals surface area contributed by atoms with Crippen molar-refractivity contribution in [3.63, 3.8) is 0 Å². The lowest BCUT2D eigenvalue weighted by atomic mass is 10.1. The van der Waals surface area contributed by atoms with Gasteiger partial charge in [0, 0.05) is 12.6 Å². The van der Waals surface area contributed by atoms with Crippen LogP contribution in [0.1, 0.15) is 32.8 Å². The molecule has 0 atom stereocenters. The predicted molar refractivity (Wildman–Crippen MR) is 102 cm³/mol. The summed E-state index contributed by atoms with van der Waals surface area (Å²) in [4.78, 5) is 23.3. The number of hydrogen-bond donors (Lipinski definition) is 1. The average molecular weight is 384 g/mol. The molecule has 1 rings (SSSR count). The summed E-state index contributed by atoms with van der Waals surface area (Å²) in [6, 6.07) is 3.35. The van der Waals surface area contributed by atoms with Crippen LogP contribution in [0.2, 0.25) is 5.02 Å². The molecule has 1 aromatic rings. The number of carbonyl (C=O) groups is 2. The monoisotopic (exact) mass is 383 g/mol. The number of amides is 1. The molecule has 0 unspecified atom stereocenters. The van der Waals surface area contributed by atoms with E-state index in [4.69, 9.17) is 25.8 Å². The van der Waals surface area contributed by atoms with E-state index in [2.05, 4.69) is 19.2 Å². The third-order valence-electron chi connectivity index (χ3n) is 3.34. The van der Waals surface area contributed by atoms with Crippen LogP contribution in [0.25, 0.3) is 6.08 Å². The second-order valence-corrected chi connectivity index (χ2v) is 6.35. The van der Waals surface area contributed by atoms with Crippen LogP contribution in [0.3, 0.4) is 0 Å². The molecule has 1 amide bonds. The van der Waals surface area contributed by atoms with E-state index in [-0.39, 0.29) is 12.5 Å². The summed E-state index contributed by atoms with van der Waals surface area (Å²) in [5.74, 6) is 0.484. The molecule has 0 aromatic heterocycles. The van der Waals surface area contributed by atoms with Crippen LogP contribution in [-0.4, -0.2) is 38.7 Å². The first kappa shape index (κ1) is 21.8. The van der Waals surface area contributed by atoms with Gasteiger partial charge in [0.25, 0.3) is 5.91 Å². The fourth-order valence-corrected chi connectivity index (χ4v) is 2.34. The molecule has 1 N–H and O–H groups in total. The second kappa shape index (κ2) is 11.4. The highest BCUT2D eigenvalue weighted by atomic mass is 35.5. The number of ether oxygens (including phenoxy) is 3. The molecular weight excluding hydrogens is 358 g/mol. The Bertz CT molecular complexity index is 643. The number of methoxy groups -OCH3 is 1. The molecule has 0 spiro atoms. The SMILES string of the molecule is CCOc1cc(/C=C/C(=O)OCC(=O)NCCC(C)C)cc(Cl)c1OC. The number of benzene rings is 1. The molecule has 0 radical (unpaired) electrons. The number of rotatable bonds is 10. The Morgan fingerprint density at radius 1 is 1.31 bits per heavy atom. The summed E-state index contributed by atoms with van der Waals surface area (Å²) in [5, 5.41) is 3.07. The molecule has 0 saturated heterocycles. The van der Waals surface area contributed by atoms with Crippen molar-refractivity contribution < 1.29 is 23.8 Å². The first-order chi connectivity index (χ1) is 12.4. The minimum absolute atomic E-state index is 0.311. The lowest BCUT2D eigenvalue weighted by Gasteiger charge is -2.11. The van der Waals surface area contributed by atoms with Gasteiger partial charge in [-0.2, -0.15) is 0 Å². The summed E-state index contributed by atoms with van der Waals surface area (Å²) >= 11 is 6.15. The summed E-state index contributed by atoms with van der Waals surface area (Å²) in [6.07, 6.45) is 3.64. The predicted octanol–water partition coefficient (Wildman–Crippen LogP) is 3.47. The lowest BCUT2D eigenvalue weighted by molar-refractivity contribution is -0.143. The number of hydrogen-bond acceptors (Lipinski definition) is 5. The van der Waals surface area contributed by atoms with E-state index in [9.17, 15) is 9.59 Å². The normalized spacial score (nSPS) is 10.8. The van der Waals surface area contributed by atoms with Crippen LogP contribution in [0, 0.1) is 5.92 Å². The van der Waals surface area contributed by atoms with Gasteiger partial charge in [0.05, 0.1) is 18.7 Å². The van der Waals surface area contributed by atoms with Gasteiger partial charge >= 0.3 is 5.97 Å². The fourth-order valence-electron chi connectivity index (χ4n) is 2.05. The van der Waals surface area contributed by atoms with Gasteiger partial charge in [0.2, 0.25) is 0 Å². The van der Waals surface area contributed by atoms with Crippen molar-refractivity contribution in [1.29, 1.82) is 0 Å². The molecule has 26 heavy (non-hydrogen) atoms. The Hall–Kier alpha value is -2.21. The Labute approximate surface area is 159 Å². The van der Waals surface area contributed by atoms with Crippen LogP contribution >= 0.6 is 11.6 Å². The molecule has 0 saturated carbocycles. The topological polar surface area (TPSA) is 73.9 Å². The Kier molecular flexibility index (Phi) is 9.58. The first-order valence-electron chi connectivity index (χ1n) is 8.49. The van der Waals surface area contributed by atoms with Gasteiger partial charge in [-0.05, 0) is 43.0 Å². The molecule has 0 aliphatic carbocycles. The highest BCUT2D eigenvalue weighted by molar-refractivity contribution is 6.32. The zero-order valence-corrected chi connectivity index (χ0v) is 16.4. The van der Waals surface area contributed by atoms with Crippen LogP contribution in [0.15, 0.2) is 18.2 Å². The number of carbonyl (C=O) groups excluding carboxylic acids is 2. The maximum Gasteiger partial charge on any atom is 0.331 e. The maximum absolute atomic E-state index is 11.7. The van der Waals surface area contributed by atoms with Crippen molar-refractivity contribution in [2.24, 2.45) is 5.92 Å². The van der Waals surface area contributed by atoms with Crippen LogP contribution < -0.4 is 14.8 Å².